The number of benzene rings is 1. The summed E-state index contributed by atoms with van der Waals surface area (Å²) in [7, 11) is 1.42. The van der Waals surface area contributed by atoms with Gasteiger partial charge in [-0.25, -0.2) is 0 Å². The molecule has 0 aliphatic heterocycles. The number of rotatable bonds is 7. The quantitative estimate of drug-likeness (QED) is 0.515. The highest BCUT2D eigenvalue weighted by Crippen LogP contribution is 2.37. The van der Waals surface area contributed by atoms with Gasteiger partial charge in [0, 0.05) is 18.1 Å². The topological polar surface area (TPSA) is 114 Å². The first-order valence-corrected chi connectivity index (χ1v) is 7.86. The lowest BCUT2D eigenvalue weighted by Gasteiger charge is -2.30. The molecule has 0 saturated heterocycles. The lowest BCUT2D eigenvalue weighted by atomic mass is 9.86. The molecule has 24 heavy (non-hydrogen) atoms. The van der Waals surface area contributed by atoms with E-state index in [0.717, 1.165) is 19.3 Å². The molecular formula is C16H23N3O5. The predicted octanol–water partition coefficient (Wildman–Crippen LogP) is 1.68. The van der Waals surface area contributed by atoms with Gasteiger partial charge in [0.2, 0.25) is 5.91 Å². The van der Waals surface area contributed by atoms with Gasteiger partial charge in [-0.15, -0.1) is 0 Å². The lowest BCUT2D eigenvalue weighted by molar-refractivity contribution is -0.384. The minimum atomic E-state index is -0.564. The SMILES string of the molecule is COc1ccc(NC(=O)CN[C@@H]2CCC[C@@]2(C)CO)c([N+](=O)[O-])c1. The fourth-order valence-corrected chi connectivity index (χ4v) is 3.08. The van der Waals surface area contributed by atoms with Crippen molar-refractivity contribution < 1.29 is 19.6 Å². The van der Waals surface area contributed by atoms with Crippen molar-refractivity contribution in [1.29, 1.82) is 0 Å². The number of nitro benzene ring substituents is 1. The molecule has 8 heteroatoms. The van der Waals surface area contributed by atoms with Crippen LogP contribution in [0, 0.1) is 15.5 Å². The van der Waals surface area contributed by atoms with Crippen LogP contribution in [0.25, 0.3) is 0 Å². The molecule has 1 aromatic rings. The molecule has 1 aliphatic carbocycles. The smallest absolute Gasteiger partial charge is 0.296 e. The summed E-state index contributed by atoms with van der Waals surface area (Å²) in [5, 5.41) is 26.3. The summed E-state index contributed by atoms with van der Waals surface area (Å²) in [6.07, 6.45) is 2.81. The molecule has 1 saturated carbocycles. The van der Waals surface area contributed by atoms with Gasteiger partial charge in [-0.1, -0.05) is 13.3 Å². The number of hydrogen-bond acceptors (Lipinski definition) is 6. The number of methoxy groups -OCH3 is 1. The lowest BCUT2D eigenvalue weighted by Crippen LogP contribution is -2.44. The summed E-state index contributed by atoms with van der Waals surface area (Å²) in [4.78, 5) is 22.7. The number of carbonyl (C=O) groups is 1. The Morgan fingerprint density at radius 1 is 1.54 bits per heavy atom. The zero-order valence-corrected chi connectivity index (χ0v) is 13.9. The Hall–Kier alpha value is -2.19. The third kappa shape index (κ3) is 4.01. The second-order valence-corrected chi connectivity index (χ2v) is 6.33. The average molecular weight is 337 g/mol. The van der Waals surface area contributed by atoms with Crippen molar-refractivity contribution in [2.45, 2.75) is 32.2 Å². The first kappa shape index (κ1) is 18.2. The maximum atomic E-state index is 12.1. The number of hydrogen-bond donors (Lipinski definition) is 3. The van der Waals surface area contributed by atoms with Gasteiger partial charge in [-0.2, -0.15) is 0 Å². The molecule has 1 fully saturated rings. The van der Waals surface area contributed by atoms with Crippen LogP contribution in [-0.4, -0.2) is 42.2 Å². The van der Waals surface area contributed by atoms with E-state index >= 15 is 0 Å². The Bertz CT molecular complexity index is 622. The largest absolute Gasteiger partial charge is 0.496 e. The molecule has 0 bridgehead atoms. The molecule has 3 N–H and O–H groups in total. The first-order chi connectivity index (χ1) is 11.4. The van der Waals surface area contributed by atoms with Crippen molar-refractivity contribution in [3.05, 3.63) is 28.3 Å². The van der Waals surface area contributed by atoms with Crippen LogP contribution in [0.2, 0.25) is 0 Å². The minimum absolute atomic E-state index is 0.0312. The van der Waals surface area contributed by atoms with Gasteiger partial charge < -0.3 is 20.5 Å². The summed E-state index contributed by atoms with van der Waals surface area (Å²) in [5.41, 5.74) is -0.320. The van der Waals surface area contributed by atoms with Gasteiger partial charge in [-0.05, 0) is 25.0 Å². The van der Waals surface area contributed by atoms with E-state index in [2.05, 4.69) is 10.6 Å². The van der Waals surface area contributed by atoms with Crippen LogP contribution in [0.3, 0.4) is 0 Å². The van der Waals surface area contributed by atoms with Crippen molar-refractivity contribution >= 4 is 17.3 Å². The second-order valence-electron chi connectivity index (χ2n) is 6.33. The Kier molecular flexibility index (Phi) is 5.74. The molecule has 1 aromatic carbocycles. The van der Waals surface area contributed by atoms with E-state index in [1.807, 2.05) is 6.92 Å². The van der Waals surface area contributed by atoms with Crippen molar-refractivity contribution in [1.82, 2.24) is 5.32 Å². The Morgan fingerprint density at radius 3 is 2.92 bits per heavy atom. The number of anilines is 1. The number of aliphatic hydroxyl groups is 1. The van der Waals surface area contributed by atoms with Crippen LogP contribution in [0.4, 0.5) is 11.4 Å². The highest BCUT2D eigenvalue weighted by molar-refractivity contribution is 5.94. The molecule has 1 amide bonds. The number of carbonyl (C=O) groups excluding carboxylic acids is 1. The number of aliphatic hydroxyl groups excluding tert-OH is 1. The van der Waals surface area contributed by atoms with E-state index in [1.54, 1.807) is 6.07 Å². The Labute approximate surface area is 140 Å². The van der Waals surface area contributed by atoms with Gasteiger partial charge in [0.25, 0.3) is 5.69 Å². The molecule has 0 unspecified atom stereocenters. The molecular weight excluding hydrogens is 314 g/mol. The third-order valence-corrected chi connectivity index (χ3v) is 4.63. The summed E-state index contributed by atoms with van der Waals surface area (Å²) in [6, 6.07) is 4.32. The summed E-state index contributed by atoms with van der Waals surface area (Å²) in [5.74, 6) is -0.0158. The normalized spacial score (nSPS) is 23.0. The molecule has 0 spiro atoms. The molecule has 132 valence electrons. The Morgan fingerprint density at radius 2 is 2.29 bits per heavy atom. The van der Waals surface area contributed by atoms with Gasteiger partial charge >= 0.3 is 0 Å². The molecule has 2 atom stereocenters. The maximum Gasteiger partial charge on any atom is 0.296 e. The molecule has 0 radical (unpaired) electrons. The zero-order chi connectivity index (χ0) is 17.7. The van der Waals surface area contributed by atoms with Crippen LogP contribution in [0.5, 0.6) is 5.75 Å². The summed E-state index contributed by atoms with van der Waals surface area (Å²) in [6.45, 7) is 2.09. The number of nitro groups is 1. The van der Waals surface area contributed by atoms with Crippen LogP contribution >= 0.6 is 0 Å². The zero-order valence-electron chi connectivity index (χ0n) is 13.9. The first-order valence-electron chi connectivity index (χ1n) is 7.86. The van der Waals surface area contributed by atoms with Gasteiger partial charge in [0.05, 0.1) is 24.6 Å². The number of nitrogens with zero attached hydrogens (tertiary/aromatic N) is 1. The average Bonchev–Trinajstić information content (AvgIpc) is 2.94. The summed E-state index contributed by atoms with van der Waals surface area (Å²) >= 11 is 0. The fraction of sp³-hybridized carbons (Fsp3) is 0.562. The van der Waals surface area contributed by atoms with Crippen LogP contribution < -0.4 is 15.4 Å². The standard InChI is InChI=1S/C16H23N3O5/c1-16(10-20)7-3-4-14(16)17-9-15(21)18-12-6-5-11(24-2)8-13(12)19(22)23/h5-6,8,14,17,20H,3-4,7,9-10H2,1-2H3,(H,18,21)/t14-,16+/m1/s1. The number of nitrogens with one attached hydrogen (secondary N) is 2. The van der Waals surface area contributed by atoms with E-state index < -0.39 is 4.92 Å². The molecule has 0 aromatic heterocycles. The van der Waals surface area contributed by atoms with E-state index in [4.69, 9.17) is 4.74 Å². The van der Waals surface area contributed by atoms with E-state index in [9.17, 15) is 20.0 Å². The van der Waals surface area contributed by atoms with Gasteiger partial charge in [-0.3, -0.25) is 14.9 Å². The maximum absolute atomic E-state index is 12.1. The second kappa shape index (κ2) is 7.59. The van der Waals surface area contributed by atoms with Gasteiger partial charge in [0.1, 0.15) is 11.4 Å². The van der Waals surface area contributed by atoms with E-state index in [1.165, 1.54) is 19.2 Å². The molecule has 2 rings (SSSR count). The van der Waals surface area contributed by atoms with Crippen LogP contribution in [0.15, 0.2) is 18.2 Å². The van der Waals surface area contributed by atoms with Crippen LogP contribution in [0.1, 0.15) is 26.2 Å². The third-order valence-electron chi connectivity index (χ3n) is 4.63. The van der Waals surface area contributed by atoms with Crippen LogP contribution in [-0.2, 0) is 4.79 Å². The highest BCUT2D eigenvalue weighted by Gasteiger charge is 2.38. The fourth-order valence-electron chi connectivity index (χ4n) is 3.08. The molecule has 1 aliphatic rings. The number of ether oxygens (including phenoxy) is 1. The van der Waals surface area contributed by atoms with Crippen molar-refractivity contribution in [3.63, 3.8) is 0 Å². The van der Waals surface area contributed by atoms with E-state index in [-0.39, 0.29) is 41.9 Å². The molecule has 8 nitrogen and oxygen atoms in total. The Balaban J connectivity index is 1.99. The minimum Gasteiger partial charge on any atom is -0.496 e. The van der Waals surface area contributed by atoms with Crippen molar-refractivity contribution in [3.8, 4) is 5.75 Å². The number of amides is 1. The highest BCUT2D eigenvalue weighted by atomic mass is 16.6. The monoisotopic (exact) mass is 337 g/mol. The van der Waals surface area contributed by atoms with Gasteiger partial charge in [0.15, 0.2) is 0 Å². The molecule has 0 heterocycles. The summed E-state index contributed by atoms with van der Waals surface area (Å²) < 4.78 is 4.96. The van der Waals surface area contributed by atoms with Crippen molar-refractivity contribution in [2.24, 2.45) is 5.41 Å². The predicted molar refractivity (Wildman–Crippen MR) is 89.1 cm³/mol. The van der Waals surface area contributed by atoms with Crippen molar-refractivity contribution in [2.75, 3.05) is 25.6 Å². The van der Waals surface area contributed by atoms with E-state index in [0.29, 0.717) is 5.75 Å².